The van der Waals surface area contributed by atoms with E-state index in [1.807, 2.05) is 0 Å². The molecule has 1 aromatic heterocycles. The lowest BCUT2D eigenvalue weighted by Gasteiger charge is -2.16. The van der Waals surface area contributed by atoms with Gasteiger partial charge in [-0.2, -0.15) is 0 Å². The van der Waals surface area contributed by atoms with Crippen LogP contribution in [0.2, 0.25) is 10.0 Å². The lowest BCUT2D eigenvalue weighted by molar-refractivity contribution is -0.122. The number of hydrogen-bond acceptors (Lipinski definition) is 4. The monoisotopic (exact) mass is 488 g/mol. The molecule has 0 unspecified atom stereocenters. The first-order chi connectivity index (χ1) is 15.8. The summed E-state index contributed by atoms with van der Waals surface area (Å²) in [5.74, 6) is -0.940. The number of aromatic nitrogens is 2. The lowest BCUT2D eigenvalue weighted by atomic mass is 10.2. The smallest absolute Gasteiger partial charge is 0.332 e. The van der Waals surface area contributed by atoms with Crippen LogP contribution in [0, 0.1) is 0 Å². The summed E-state index contributed by atoms with van der Waals surface area (Å²) in [7, 11) is 0. The van der Waals surface area contributed by atoms with Crippen LogP contribution in [0.3, 0.4) is 0 Å². The number of para-hydroxylation sites is 1. The van der Waals surface area contributed by atoms with Crippen molar-refractivity contribution in [2.75, 3.05) is 5.32 Å². The third kappa shape index (κ3) is 5.12. The van der Waals surface area contributed by atoms with Crippen LogP contribution in [0.15, 0.2) is 52.1 Å². The highest BCUT2D eigenvalue weighted by Gasteiger charge is 2.20. The van der Waals surface area contributed by atoms with Gasteiger partial charge >= 0.3 is 5.69 Å². The summed E-state index contributed by atoms with van der Waals surface area (Å²) in [4.78, 5) is 51.5. The predicted molar refractivity (Wildman–Crippen MR) is 128 cm³/mol. The van der Waals surface area contributed by atoms with Crippen LogP contribution in [-0.2, 0) is 22.7 Å². The van der Waals surface area contributed by atoms with E-state index in [1.54, 1.807) is 36.4 Å². The van der Waals surface area contributed by atoms with Gasteiger partial charge in [0.2, 0.25) is 11.8 Å². The first kappa shape index (κ1) is 23.1. The highest BCUT2D eigenvalue weighted by atomic mass is 35.5. The first-order valence-corrected chi connectivity index (χ1v) is 11.4. The molecule has 33 heavy (non-hydrogen) atoms. The molecule has 8 nitrogen and oxygen atoms in total. The SMILES string of the molecule is O=C(Cn1c(=O)n(CC(=O)NC2CCCC2)c(=O)c2ccccc21)Nc1cc(Cl)ccc1Cl. The molecular weight excluding hydrogens is 467 g/mol. The summed E-state index contributed by atoms with van der Waals surface area (Å²) < 4.78 is 2.04. The topological polar surface area (TPSA) is 102 Å². The van der Waals surface area contributed by atoms with Gasteiger partial charge < -0.3 is 10.6 Å². The average Bonchev–Trinajstić information content (AvgIpc) is 3.29. The molecule has 2 amide bonds. The van der Waals surface area contributed by atoms with Crippen molar-refractivity contribution in [3.8, 4) is 0 Å². The summed E-state index contributed by atoms with van der Waals surface area (Å²) in [6.07, 6.45) is 3.85. The molecule has 0 radical (unpaired) electrons. The molecule has 3 aromatic rings. The molecule has 0 aliphatic heterocycles. The van der Waals surface area contributed by atoms with Crippen molar-refractivity contribution < 1.29 is 9.59 Å². The van der Waals surface area contributed by atoms with Gasteiger partial charge in [-0.15, -0.1) is 0 Å². The number of benzene rings is 2. The molecule has 0 spiro atoms. The van der Waals surface area contributed by atoms with Gasteiger partial charge in [0, 0.05) is 11.1 Å². The third-order valence-electron chi connectivity index (χ3n) is 5.66. The van der Waals surface area contributed by atoms with Crippen LogP contribution in [-0.4, -0.2) is 27.0 Å². The molecule has 10 heteroatoms. The second-order valence-electron chi connectivity index (χ2n) is 8.00. The fourth-order valence-electron chi connectivity index (χ4n) is 4.08. The highest BCUT2D eigenvalue weighted by molar-refractivity contribution is 6.35. The molecule has 172 valence electrons. The van der Waals surface area contributed by atoms with E-state index >= 15 is 0 Å². The summed E-state index contributed by atoms with van der Waals surface area (Å²) in [6.45, 7) is -0.798. The van der Waals surface area contributed by atoms with E-state index in [1.165, 1.54) is 10.6 Å². The molecule has 1 aliphatic rings. The van der Waals surface area contributed by atoms with Gasteiger partial charge in [-0.1, -0.05) is 48.2 Å². The maximum Gasteiger partial charge on any atom is 0.332 e. The van der Waals surface area contributed by atoms with Gasteiger partial charge in [0.15, 0.2) is 0 Å². The number of fused-ring (bicyclic) bond motifs is 1. The number of halogens is 2. The number of amides is 2. The molecule has 2 aromatic carbocycles. The number of hydrogen-bond donors (Lipinski definition) is 2. The quantitative estimate of drug-likeness (QED) is 0.556. The van der Waals surface area contributed by atoms with Crippen molar-refractivity contribution in [3.63, 3.8) is 0 Å². The van der Waals surface area contributed by atoms with Crippen molar-refractivity contribution in [3.05, 3.63) is 73.3 Å². The number of nitrogens with zero attached hydrogens (tertiary/aromatic N) is 2. The van der Waals surface area contributed by atoms with Crippen LogP contribution in [0.5, 0.6) is 0 Å². The molecular formula is C23H22Cl2N4O4. The summed E-state index contributed by atoms with van der Waals surface area (Å²) in [6, 6.07) is 11.2. The Labute approximate surface area is 199 Å². The first-order valence-electron chi connectivity index (χ1n) is 10.6. The molecule has 1 fully saturated rings. The van der Waals surface area contributed by atoms with E-state index < -0.39 is 29.6 Å². The van der Waals surface area contributed by atoms with E-state index in [9.17, 15) is 19.2 Å². The Hall–Kier alpha value is -3.10. The Morgan fingerprint density at radius 3 is 2.39 bits per heavy atom. The van der Waals surface area contributed by atoms with Gasteiger partial charge in [-0.05, 0) is 43.2 Å². The van der Waals surface area contributed by atoms with E-state index in [0.29, 0.717) is 21.2 Å². The second-order valence-corrected chi connectivity index (χ2v) is 8.84. The molecule has 0 bridgehead atoms. The molecule has 0 atom stereocenters. The molecule has 0 saturated heterocycles. The molecule has 2 N–H and O–H groups in total. The standard InChI is InChI=1S/C23H22Cl2N4O4/c24-14-9-10-17(25)18(11-14)27-21(31)12-28-19-8-4-3-7-16(19)22(32)29(23(28)33)13-20(30)26-15-5-1-2-6-15/h3-4,7-11,15H,1-2,5-6,12-13H2,(H,26,30)(H,27,31). The Kier molecular flexibility index (Phi) is 6.85. The minimum Gasteiger partial charge on any atom is -0.352 e. The van der Waals surface area contributed by atoms with Gasteiger partial charge in [0.05, 0.1) is 21.6 Å². The van der Waals surface area contributed by atoms with Crippen LogP contribution < -0.4 is 21.9 Å². The molecule has 1 aliphatic carbocycles. The second kappa shape index (κ2) is 9.80. The number of anilines is 1. The zero-order valence-corrected chi connectivity index (χ0v) is 19.2. The van der Waals surface area contributed by atoms with Crippen LogP contribution in [0.1, 0.15) is 25.7 Å². The minimum atomic E-state index is -0.743. The van der Waals surface area contributed by atoms with Gasteiger partial charge in [0.25, 0.3) is 5.56 Å². The van der Waals surface area contributed by atoms with Gasteiger partial charge in [-0.25, -0.2) is 4.79 Å². The number of nitrogens with one attached hydrogen (secondary N) is 2. The zero-order chi connectivity index (χ0) is 23.5. The van der Waals surface area contributed by atoms with Gasteiger partial charge in [-0.3, -0.25) is 23.5 Å². The summed E-state index contributed by atoms with van der Waals surface area (Å²) >= 11 is 12.1. The maximum atomic E-state index is 13.2. The van der Waals surface area contributed by atoms with Gasteiger partial charge in [0.1, 0.15) is 13.1 Å². The van der Waals surface area contributed by atoms with Crippen LogP contribution >= 0.6 is 23.2 Å². The van der Waals surface area contributed by atoms with Crippen LogP contribution in [0.25, 0.3) is 10.9 Å². The van der Waals surface area contributed by atoms with E-state index in [2.05, 4.69) is 10.6 Å². The summed E-state index contributed by atoms with van der Waals surface area (Å²) in [5, 5.41) is 6.43. The Bertz CT molecular complexity index is 1340. The molecule has 1 heterocycles. The summed E-state index contributed by atoms with van der Waals surface area (Å²) in [5.41, 5.74) is -0.720. The maximum absolute atomic E-state index is 13.2. The largest absolute Gasteiger partial charge is 0.352 e. The van der Waals surface area contributed by atoms with E-state index in [4.69, 9.17) is 23.2 Å². The third-order valence-corrected chi connectivity index (χ3v) is 6.22. The fourth-order valence-corrected chi connectivity index (χ4v) is 4.41. The molecule has 1 saturated carbocycles. The normalized spacial score (nSPS) is 13.9. The van der Waals surface area contributed by atoms with Crippen molar-refractivity contribution >= 4 is 51.6 Å². The Balaban J connectivity index is 1.66. The van der Waals surface area contributed by atoms with Crippen molar-refractivity contribution in [1.29, 1.82) is 0 Å². The van der Waals surface area contributed by atoms with Crippen LogP contribution in [0.4, 0.5) is 5.69 Å². The Morgan fingerprint density at radius 2 is 1.64 bits per heavy atom. The number of carbonyl (C=O) groups is 2. The van der Waals surface area contributed by atoms with E-state index in [-0.39, 0.29) is 18.0 Å². The number of rotatable bonds is 6. The fraction of sp³-hybridized carbons (Fsp3) is 0.304. The van der Waals surface area contributed by atoms with E-state index in [0.717, 1.165) is 30.3 Å². The Morgan fingerprint density at radius 1 is 0.939 bits per heavy atom. The predicted octanol–water partition coefficient (Wildman–Crippen LogP) is 3.17. The average molecular weight is 489 g/mol. The lowest BCUT2D eigenvalue weighted by Crippen LogP contribution is -2.46. The van der Waals surface area contributed by atoms with Crippen molar-refractivity contribution in [2.45, 2.75) is 44.8 Å². The zero-order valence-electron chi connectivity index (χ0n) is 17.6. The van der Waals surface area contributed by atoms with Crippen molar-refractivity contribution in [2.24, 2.45) is 0 Å². The minimum absolute atomic E-state index is 0.0594. The number of carbonyl (C=O) groups excluding carboxylic acids is 2. The van der Waals surface area contributed by atoms with Crippen molar-refractivity contribution in [1.82, 2.24) is 14.5 Å². The highest BCUT2D eigenvalue weighted by Crippen LogP contribution is 2.25. The molecule has 4 rings (SSSR count).